The van der Waals surface area contributed by atoms with Crippen LogP contribution < -0.4 is 10.2 Å². The Hall–Kier alpha value is -2.74. The van der Waals surface area contributed by atoms with Crippen molar-refractivity contribution in [1.82, 2.24) is 14.9 Å². The number of nitrogens with one attached hydrogen (secondary N) is 1. The average molecular weight is 378 g/mol. The Kier molecular flexibility index (Phi) is 5.62. The van der Waals surface area contributed by atoms with Crippen molar-refractivity contribution in [3.63, 3.8) is 0 Å². The zero-order valence-corrected chi connectivity index (χ0v) is 14.6. The van der Waals surface area contributed by atoms with Gasteiger partial charge < -0.3 is 15.1 Å². The van der Waals surface area contributed by atoms with Crippen molar-refractivity contribution in [3.8, 4) is 0 Å². The van der Waals surface area contributed by atoms with E-state index in [0.29, 0.717) is 37.8 Å². The molecule has 0 radical (unpaired) electrons. The number of piperazine rings is 1. The van der Waals surface area contributed by atoms with Gasteiger partial charge in [0, 0.05) is 44.3 Å². The van der Waals surface area contributed by atoms with E-state index >= 15 is 0 Å². The van der Waals surface area contributed by atoms with Gasteiger partial charge in [0.2, 0.25) is 17.8 Å². The predicted octanol–water partition coefficient (Wildman–Crippen LogP) is 1.95. The molecule has 1 aromatic carbocycles. The zero-order chi connectivity index (χ0) is 18.5. The fraction of sp³-hybridized carbons (Fsp3) is 0.294. The lowest BCUT2D eigenvalue weighted by atomic mass is 10.2. The summed E-state index contributed by atoms with van der Waals surface area (Å²) in [6.45, 7) is 2.19. The van der Waals surface area contributed by atoms with Gasteiger partial charge in [0.25, 0.3) is 0 Å². The van der Waals surface area contributed by atoms with Gasteiger partial charge in [-0.05, 0) is 24.3 Å². The number of carbonyl (C=O) groups is 2. The van der Waals surface area contributed by atoms with Crippen LogP contribution in [0.4, 0.5) is 16.0 Å². The van der Waals surface area contributed by atoms with Crippen molar-refractivity contribution >= 4 is 35.1 Å². The molecule has 2 aromatic rings. The normalized spacial score (nSPS) is 14.2. The van der Waals surface area contributed by atoms with E-state index in [9.17, 15) is 14.0 Å². The van der Waals surface area contributed by atoms with Crippen molar-refractivity contribution in [3.05, 3.63) is 47.5 Å². The van der Waals surface area contributed by atoms with E-state index in [1.165, 1.54) is 12.1 Å². The van der Waals surface area contributed by atoms with E-state index in [0.717, 1.165) is 6.07 Å². The monoisotopic (exact) mass is 377 g/mol. The summed E-state index contributed by atoms with van der Waals surface area (Å²) >= 11 is 5.67. The van der Waals surface area contributed by atoms with Crippen LogP contribution in [0, 0.1) is 5.82 Å². The molecule has 26 heavy (non-hydrogen) atoms. The molecule has 0 spiro atoms. The number of hydrogen-bond acceptors (Lipinski definition) is 5. The van der Waals surface area contributed by atoms with E-state index in [1.807, 2.05) is 4.90 Å². The molecule has 1 aromatic heterocycles. The zero-order valence-electron chi connectivity index (χ0n) is 13.9. The first-order valence-electron chi connectivity index (χ1n) is 8.07. The van der Waals surface area contributed by atoms with Crippen molar-refractivity contribution in [2.75, 3.05) is 36.4 Å². The van der Waals surface area contributed by atoms with Crippen LogP contribution in [0.2, 0.25) is 5.02 Å². The molecular formula is C17H17ClFN5O2. The number of nitrogens with zero attached hydrogens (tertiary/aromatic N) is 4. The SMILES string of the molecule is O=C(CC(=O)N1CCN(c2ncccn2)CC1)Nc1ccc(F)c(Cl)c1. The molecule has 2 heterocycles. The molecule has 9 heteroatoms. The number of aromatic nitrogens is 2. The van der Waals surface area contributed by atoms with Gasteiger partial charge >= 0.3 is 0 Å². The molecule has 1 saturated heterocycles. The van der Waals surface area contributed by atoms with Gasteiger partial charge in [-0.1, -0.05) is 11.6 Å². The van der Waals surface area contributed by atoms with Gasteiger partial charge in [0.05, 0.1) is 5.02 Å². The van der Waals surface area contributed by atoms with Crippen molar-refractivity contribution in [2.24, 2.45) is 0 Å². The van der Waals surface area contributed by atoms with Crippen molar-refractivity contribution in [1.29, 1.82) is 0 Å². The molecule has 136 valence electrons. The minimum atomic E-state index is -0.569. The minimum Gasteiger partial charge on any atom is -0.339 e. The second-order valence-electron chi connectivity index (χ2n) is 5.77. The van der Waals surface area contributed by atoms with Crippen LogP contribution in [0.15, 0.2) is 36.7 Å². The molecule has 2 amide bonds. The highest BCUT2D eigenvalue weighted by Crippen LogP contribution is 2.19. The summed E-state index contributed by atoms with van der Waals surface area (Å²) in [7, 11) is 0. The summed E-state index contributed by atoms with van der Waals surface area (Å²) in [6, 6.07) is 5.60. The van der Waals surface area contributed by atoms with Crippen LogP contribution in [0.5, 0.6) is 0 Å². The first-order chi connectivity index (χ1) is 12.5. The maximum absolute atomic E-state index is 13.1. The summed E-state index contributed by atoms with van der Waals surface area (Å²) in [4.78, 5) is 36.3. The standard InChI is InChI=1S/C17H17ClFN5O2/c18-13-10-12(2-3-14(13)19)22-15(25)11-16(26)23-6-8-24(9-7-23)17-20-4-1-5-21-17/h1-5,10H,6-9,11H2,(H,22,25). The fourth-order valence-electron chi connectivity index (χ4n) is 2.64. The summed E-state index contributed by atoms with van der Waals surface area (Å²) in [5, 5.41) is 2.46. The molecule has 0 aliphatic carbocycles. The Morgan fingerprint density at radius 3 is 2.50 bits per heavy atom. The highest BCUT2D eigenvalue weighted by molar-refractivity contribution is 6.31. The van der Waals surface area contributed by atoms with Crippen LogP contribution in [-0.2, 0) is 9.59 Å². The van der Waals surface area contributed by atoms with Gasteiger partial charge in [0.15, 0.2) is 0 Å². The third-order valence-electron chi connectivity index (χ3n) is 3.98. The number of benzene rings is 1. The van der Waals surface area contributed by atoms with E-state index < -0.39 is 11.7 Å². The first-order valence-corrected chi connectivity index (χ1v) is 8.45. The Morgan fingerprint density at radius 2 is 1.85 bits per heavy atom. The molecule has 3 rings (SSSR count). The molecule has 0 bridgehead atoms. The highest BCUT2D eigenvalue weighted by Gasteiger charge is 2.24. The number of carbonyl (C=O) groups excluding carboxylic acids is 2. The molecule has 1 aliphatic rings. The lowest BCUT2D eigenvalue weighted by Gasteiger charge is -2.34. The smallest absolute Gasteiger partial charge is 0.233 e. The summed E-state index contributed by atoms with van der Waals surface area (Å²) in [5.74, 6) is -0.664. The van der Waals surface area contributed by atoms with E-state index in [-0.39, 0.29) is 17.4 Å². The molecule has 0 atom stereocenters. The van der Waals surface area contributed by atoms with Gasteiger partial charge in [0.1, 0.15) is 12.2 Å². The first kappa shape index (κ1) is 18.1. The second-order valence-corrected chi connectivity index (χ2v) is 6.18. The Bertz CT molecular complexity index is 797. The number of amides is 2. The van der Waals surface area contributed by atoms with Crippen LogP contribution in [0.3, 0.4) is 0 Å². The third kappa shape index (κ3) is 4.45. The van der Waals surface area contributed by atoms with Crippen molar-refractivity contribution in [2.45, 2.75) is 6.42 Å². The van der Waals surface area contributed by atoms with Gasteiger partial charge in [-0.2, -0.15) is 0 Å². The van der Waals surface area contributed by atoms with Crippen LogP contribution in [0.25, 0.3) is 0 Å². The summed E-state index contributed by atoms with van der Waals surface area (Å²) in [5.41, 5.74) is 0.347. The third-order valence-corrected chi connectivity index (χ3v) is 4.27. The van der Waals surface area contributed by atoms with Gasteiger partial charge in [-0.25, -0.2) is 14.4 Å². The predicted molar refractivity (Wildman–Crippen MR) is 95.5 cm³/mol. The largest absolute Gasteiger partial charge is 0.339 e. The number of anilines is 2. The van der Waals surface area contributed by atoms with E-state index in [2.05, 4.69) is 15.3 Å². The molecule has 1 N–H and O–H groups in total. The van der Waals surface area contributed by atoms with E-state index in [4.69, 9.17) is 11.6 Å². The second kappa shape index (κ2) is 8.09. The molecule has 1 aliphatic heterocycles. The van der Waals surface area contributed by atoms with Crippen LogP contribution in [0.1, 0.15) is 6.42 Å². The molecule has 1 fully saturated rings. The maximum atomic E-state index is 13.1. The lowest BCUT2D eigenvalue weighted by molar-refractivity contribution is -0.134. The maximum Gasteiger partial charge on any atom is 0.233 e. The fourth-order valence-corrected chi connectivity index (χ4v) is 2.82. The molecule has 0 saturated carbocycles. The topological polar surface area (TPSA) is 78.4 Å². The number of hydrogen-bond donors (Lipinski definition) is 1. The Labute approximate surface area is 154 Å². The van der Waals surface area contributed by atoms with Gasteiger partial charge in [-0.3, -0.25) is 9.59 Å². The molecule has 0 unspecified atom stereocenters. The lowest BCUT2D eigenvalue weighted by Crippen LogP contribution is -2.49. The Balaban J connectivity index is 1.49. The van der Waals surface area contributed by atoms with Crippen LogP contribution >= 0.6 is 11.6 Å². The Morgan fingerprint density at radius 1 is 1.15 bits per heavy atom. The molecule has 7 nitrogen and oxygen atoms in total. The van der Waals surface area contributed by atoms with Crippen LogP contribution in [-0.4, -0.2) is 52.9 Å². The average Bonchev–Trinajstić information content (AvgIpc) is 2.65. The highest BCUT2D eigenvalue weighted by atomic mass is 35.5. The van der Waals surface area contributed by atoms with E-state index in [1.54, 1.807) is 23.4 Å². The minimum absolute atomic E-state index is 0.0895. The number of halogens is 2. The quantitative estimate of drug-likeness (QED) is 0.824. The summed E-state index contributed by atoms with van der Waals surface area (Å²) in [6.07, 6.45) is 3.06. The number of rotatable bonds is 4. The van der Waals surface area contributed by atoms with Crippen molar-refractivity contribution < 1.29 is 14.0 Å². The summed E-state index contributed by atoms with van der Waals surface area (Å²) < 4.78 is 13.1. The molecular weight excluding hydrogens is 361 g/mol. The van der Waals surface area contributed by atoms with Gasteiger partial charge in [-0.15, -0.1) is 0 Å².